The fourth-order valence-corrected chi connectivity index (χ4v) is 3.71. The number of likely N-dealkylation sites (tertiary alicyclic amines) is 1. The number of carbonyl (C=O) groups is 2. The minimum absolute atomic E-state index is 0.0320. The first kappa shape index (κ1) is 20.8. The standard InChI is InChI=1S/C24H26N2O5/c1-29-19-6-8-20(9-7-19)30-16-23(27)25-15-17-10-12-26(13-11-17)24(28)22-14-18-4-2-3-5-21(18)31-22/h2-9,14,17H,10-13,15-16H2,1H3,(H,25,27). The lowest BCUT2D eigenvalue weighted by Crippen LogP contribution is -2.42. The molecule has 0 radical (unpaired) electrons. The van der Waals surface area contributed by atoms with E-state index in [1.807, 2.05) is 29.2 Å². The molecule has 0 spiro atoms. The summed E-state index contributed by atoms with van der Waals surface area (Å²) in [6, 6.07) is 16.5. The second kappa shape index (κ2) is 9.55. The van der Waals surface area contributed by atoms with E-state index in [0.717, 1.165) is 29.6 Å². The van der Waals surface area contributed by atoms with Crippen molar-refractivity contribution >= 4 is 22.8 Å². The molecule has 0 unspecified atom stereocenters. The number of furan rings is 1. The first-order chi connectivity index (χ1) is 15.1. The van der Waals surface area contributed by atoms with E-state index in [0.29, 0.717) is 37.1 Å². The summed E-state index contributed by atoms with van der Waals surface area (Å²) in [5.74, 6) is 1.84. The highest BCUT2D eigenvalue weighted by atomic mass is 16.5. The van der Waals surface area contributed by atoms with Crippen molar-refractivity contribution in [2.24, 2.45) is 5.92 Å². The monoisotopic (exact) mass is 422 g/mol. The zero-order valence-electron chi connectivity index (χ0n) is 17.5. The fraction of sp³-hybridized carbons (Fsp3) is 0.333. The highest BCUT2D eigenvalue weighted by Gasteiger charge is 2.26. The number of ether oxygens (including phenoxy) is 2. The van der Waals surface area contributed by atoms with Crippen molar-refractivity contribution in [3.8, 4) is 11.5 Å². The Hall–Kier alpha value is -3.48. The van der Waals surface area contributed by atoms with Gasteiger partial charge in [-0.15, -0.1) is 0 Å². The van der Waals surface area contributed by atoms with Gasteiger partial charge in [0.25, 0.3) is 11.8 Å². The number of para-hydroxylation sites is 1. The lowest BCUT2D eigenvalue weighted by molar-refractivity contribution is -0.123. The van der Waals surface area contributed by atoms with E-state index in [1.54, 1.807) is 37.4 Å². The number of nitrogens with one attached hydrogen (secondary N) is 1. The number of hydrogen-bond acceptors (Lipinski definition) is 5. The molecule has 2 aromatic carbocycles. The summed E-state index contributed by atoms with van der Waals surface area (Å²) in [5, 5.41) is 3.86. The van der Waals surface area contributed by atoms with Crippen LogP contribution in [0.2, 0.25) is 0 Å². The molecule has 2 heterocycles. The van der Waals surface area contributed by atoms with Gasteiger partial charge in [-0.05, 0) is 55.2 Å². The number of benzene rings is 2. The molecule has 1 N–H and O–H groups in total. The van der Waals surface area contributed by atoms with Crippen molar-refractivity contribution < 1.29 is 23.5 Å². The van der Waals surface area contributed by atoms with E-state index in [2.05, 4.69) is 5.32 Å². The van der Waals surface area contributed by atoms with Gasteiger partial charge in [0.1, 0.15) is 17.1 Å². The van der Waals surface area contributed by atoms with Crippen molar-refractivity contribution in [1.82, 2.24) is 10.2 Å². The molecule has 3 aromatic rings. The molecule has 7 nitrogen and oxygen atoms in total. The van der Waals surface area contributed by atoms with Crippen LogP contribution in [-0.4, -0.2) is 50.1 Å². The third-order valence-corrected chi connectivity index (χ3v) is 5.56. The van der Waals surface area contributed by atoms with Gasteiger partial charge >= 0.3 is 0 Å². The highest BCUT2D eigenvalue weighted by Crippen LogP contribution is 2.23. The molecule has 0 bridgehead atoms. The predicted octanol–water partition coefficient (Wildman–Crippen LogP) is 3.49. The van der Waals surface area contributed by atoms with Gasteiger partial charge in [-0.2, -0.15) is 0 Å². The van der Waals surface area contributed by atoms with Gasteiger partial charge in [0, 0.05) is 25.0 Å². The second-order valence-corrected chi connectivity index (χ2v) is 7.65. The van der Waals surface area contributed by atoms with E-state index in [4.69, 9.17) is 13.9 Å². The number of carbonyl (C=O) groups excluding carboxylic acids is 2. The number of hydrogen-bond donors (Lipinski definition) is 1. The summed E-state index contributed by atoms with van der Waals surface area (Å²) in [6.07, 6.45) is 1.68. The maximum Gasteiger partial charge on any atom is 0.289 e. The molecule has 0 aliphatic carbocycles. The lowest BCUT2D eigenvalue weighted by Gasteiger charge is -2.31. The zero-order valence-corrected chi connectivity index (χ0v) is 17.5. The van der Waals surface area contributed by atoms with Crippen LogP contribution in [0.4, 0.5) is 0 Å². The Balaban J connectivity index is 1.19. The predicted molar refractivity (Wildman–Crippen MR) is 116 cm³/mol. The Kier molecular flexibility index (Phi) is 6.40. The third-order valence-electron chi connectivity index (χ3n) is 5.56. The molecule has 162 valence electrons. The largest absolute Gasteiger partial charge is 0.497 e. The fourth-order valence-electron chi connectivity index (χ4n) is 3.71. The minimum atomic E-state index is -0.156. The van der Waals surface area contributed by atoms with Crippen molar-refractivity contribution in [2.45, 2.75) is 12.8 Å². The molecule has 1 saturated heterocycles. The second-order valence-electron chi connectivity index (χ2n) is 7.65. The summed E-state index contributed by atoms with van der Waals surface area (Å²) in [7, 11) is 1.60. The van der Waals surface area contributed by atoms with E-state index < -0.39 is 0 Å². The molecule has 0 saturated carbocycles. The van der Waals surface area contributed by atoms with Crippen molar-refractivity contribution in [1.29, 1.82) is 0 Å². The number of fused-ring (bicyclic) bond motifs is 1. The molecule has 1 fully saturated rings. The maximum atomic E-state index is 12.7. The van der Waals surface area contributed by atoms with Gasteiger partial charge in [-0.25, -0.2) is 0 Å². The highest BCUT2D eigenvalue weighted by molar-refractivity contribution is 5.96. The average Bonchev–Trinajstić information content (AvgIpc) is 3.26. The number of piperidine rings is 1. The summed E-state index contributed by atoms with van der Waals surface area (Å²) < 4.78 is 16.3. The summed E-state index contributed by atoms with van der Waals surface area (Å²) in [5.41, 5.74) is 0.723. The Bertz CT molecular complexity index is 1000. The Labute approximate surface area is 180 Å². The Morgan fingerprint density at radius 2 is 1.77 bits per heavy atom. The van der Waals surface area contributed by atoms with Crippen LogP contribution in [-0.2, 0) is 4.79 Å². The van der Waals surface area contributed by atoms with Crippen LogP contribution in [0.3, 0.4) is 0 Å². The first-order valence-electron chi connectivity index (χ1n) is 10.4. The Morgan fingerprint density at radius 1 is 1.06 bits per heavy atom. The number of nitrogens with zero attached hydrogens (tertiary/aromatic N) is 1. The average molecular weight is 422 g/mol. The van der Waals surface area contributed by atoms with Gasteiger partial charge in [0.2, 0.25) is 0 Å². The quantitative estimate of drug-likeness (QED) is 0.630. The zero-order chi connectivity index (χ0) is 21.6. The Morgan fingerprint density at radius 3 is 2.48 bits per heavy atom. The molecule has 4 rings (SSSR count). The molecule has 2 amide bonds. The topological polar surface area (TPSA) is 81.0 Å². The van der Waals surface area contributed by atoms with E-state index >= 15 is 0 Å². The molecule has 1 aliphatic rings. The molecule has 7 heteroatoms. The van der Waals surface area contributed by atoms with Gasteiger partial charge in [0.05, 0.1) is 7.11 Å². The van der Waals surface area contributed by atoms with E-state index in [9.17, 15) is 9.59 Å². The molecule has 1 aromatic heterocycles. The van der Waals surface area contributed by atoms with Crippen LogP contribution in [0.1, 0.15) is 23.4 Å². The maximum absolute atomic E-state index is 12.7. The lowest BCUT2D eigenvalue weighted by atomic mass is 9.96. The molecule has 31 heavy (non-hydrogen) atoms. The van der Waals surface area contributed by atoms with Crippen LogP contribution in [0.25, 0.3) is 11.0 Å². The number of rotatable bonds is 7. The van der Waals surface area contributed by atoms with Gasteiger partial charge in [-0.1, -0.05) is 18.2 Å². The van der Waals surface area contributed by atoms with Crippen LogP contribution in [0.15, 0.2) is 59.0 Å². The smallest absolute Gasteiger partial charge is 0.289 e. The van der Waals surface area contributed by atoms with Gasteiger partial charge < -0.3 is 24.1 Å². The van der Waals surface area contributed by atoms with Crippen molar-refractivity contribution in [2.75, 3.05) is 33.4 Å². The molecule has 0 atom stereocenters. The minimum Gasteiger partial charge on any atom is -0.497 e. The molecule has 1 aliphatic heterocycles. The normalized spacial score (nSPS) is 14.4. The van der Waals surface area contributed by atoms with Crippen molar-refractivity contribution in [3.63, 3.8) is 0 Å². The molecular weight excluding hydrogens is 396 g/mol. The molecular formula is C24H26N2O5. The van der Waals surface area contributed by atoms with Gasteiger partial charge in [0.15, 0.2) is 12.4 Å². The van der Waals surface area contributed by atoms with Crippen molar-refractivity contribution in [3.05, 3.63) is 60.4 Å². The number of methoxy groups -OCH3 is 1. The summed E-state index contributed by atoms with van der Waals surface area (Å²) in [4.78, 5) is 26.6. The van der Waals surface area contributed by atoms with Crippen LogP contribution >= 0.6 is 0 Å². The van der Waals surface area contributed by atoms with Gasteiger partial charge in [-0.3, -0.25) is 9.59 Å². The summed E-state index contributed by atoms with van der Waals surface area (Å²) >= 11 is 0. The van der Waals surface area contributed by atoms with E-state index in [-0.39, 0.29) is 18.4 Å². The van der Waals surface area contributed by atoms with E-state index in [1.165, 1.54) is 0 Å². The number of amides is 2. The SMILES string of the molecule is COc1ccc(OCC(=O)NCC2CCN(C(=O)c3cc4ccccc4o3)CC2)cc1. The third kappa shape index (κ3) is 5.17. The van der Waals surface area contributed by atoms with Crippen LogP contribution in [0, 0.1) is 5.92 Å². The first-order valence-corrected chi connectivity index (χ1v) is 10.4. The van der Waals surface area contributed by atoms with Crippen LogP contribution in [0.5, 0.6) is 11.5 Å². The summed E-state index contributed by atoms with van der Waals surface area (Å²) in [6.45, 7) is 1.85. The van der Waals surface area contributed by atoms with Crippen LogP contribution < -0.4 is 14.8 Å².